The van der Waals surface area contributed by atoms with Gasteiger partial charge in [0.2, 0.25) is 0 Å². The van der Waals surface area contributed by atoms with Crippen LogP contribution in [0.2, 0.25) is 0 Å². The fourth-order valence-corrected chi connectivity index (χ4v) is 7.05. The minimum atomic E-state index is 0.307. The van der Waals surface area contributed by atoms with E-state index in [2.05, 4.69) is 39.0 Å². The van der Waals surface area contributed by atoms with Gasteiger partial charge in [0.15, 0.2) is 0 Å². The number of hydrogen-bond donors (Lipinski definition) is 1. The Morgan fingerprint density at radius 2 is 1.92 bits per heavy atom. The van der Waals surface area contributed by atoms with Crippen LogP contribution in [0.25, 0.3) is 0 Å². The zero-order valence-electron chi connectivity index (χ0n) is 15.6. The molecule has 3 aliphatic rings. The second-order valence-corrected chi connectivity index (χ2v) is 9.17. The molecule has 24 heavy (non-hydrogen) atoms. The molecule has 2 fully saturated rings. The average Bonchev–Trinajstić information content (AvgIpc) is 2.84. The molecular formula is C22H32O2. The van der Waals surface area contributed by atoms with Gasteiger partial charge in [-0.3, -0.25) is 0 Å². The first-order valence-electron chi connectivity index (χ1n) is 9.72. The molecule has 4 rings (SSSR count). The molecule has 1 aromatic rings. The molecule has 0 aliphatic heterocycles. The van der Waals surface area contributed by atoms with Crippen molar-refractivity contribution in [3.8, 4) is 5.75 Å². The highest BCUT2D eigenvalue weighted by Crippen LogP contribution is 2.70. The van der Waals surface area contributed by atoms with Crippen molar-refractivity contribution in [3.63, 3.8) is 0 Å². The monoisotopic (exact) mass is 328 g/mol. The molecule has 0 radical (unpaired) electrons. The minimum Gasteiger partial charge on any atom is -0.497 e. The summed E-state index contributed by atoms with van der Waals surface area (Å²) in [6.45, 7) is 7.85. The topological polar surface area (TPSA) is 29.5 Å². The lowest BCUT2D eigenvalue weighted by Crippen LogP contribution is -2.52. The zero-order valence-corrected chi connectivity index (χ0v) is 15.6. The number of rotatable bonds is 2. The Morgan fingerprint density at radius 3 is 2.62 bits per heavy atom. The molecule has 2 heteroatoms. The Balaban J connectivity index is 1.77. The Labute approximate surface area is 146 Å². The van der Waals surface area contributed by atoms with E-state index in [1.54, 1.807) is 12.7 Å². The van der Waals surface area contributed by atoms with E-state index in [4.69, 9.17) is 4.74 Å². The third-order valence-corrected chi connectivity index (χ3v) is 8.49. The Morgan fingerprint density at radius 1 is 1.17 bits per heavy atom. The number of benzene rings is 1. The average molecular weight is 328 g/mol. The number of methoxy groups -OCH3 is 1. The van der Waals surface area contributed by atoms with E-state index in [-0.39, 0.29) is 0 Å². The van der Waals surface area contributed by atoms with Crippen LogP contribution in [0.1, 0.15) is 63.5 Å². The van der Waals surface area contributed by atoms with Crippen molar-refractivity contribution in [2.45, 2.75) is 58.8 Å². The molecule has 0 bridgehead atoms. The molecule has 2 nitrogen and oxygen atoms in total. The smallest absolute Gasteiger partial charge is 0.119 e. The largest absolute Gasteiger partial charge is 0.497 e. The van der Waals surface area contributed by atoms with Crippen LogP contribution >= 0.6 is 0 Å². The van der Waals surface area contributed by atoms with Crippen LogP contribution in [0.3, 0.4) is 0 Å². The van der Waals surface area contributed by atoms with Gasteiger partial charge in [0.1, 0.15) is 5.75 Å². The van der Waals surface area contributed by atoms with Gasteiger partial charge in [-0.2, -0.15) is 0 Å². The highest BCUT2D eigenvalue weighted by Gasteiger charge is 2.62. The Kier molecular flexibility index (Phi) is 3.76. The number of fused-ring (bicyclic) bond motifs is 5. The number of hydrogen-bond acceptors (Lipinski definition) is 2. The van der Waals surface area contributed by atoms with E-state index in [1.165, 1.54) is 37.7 Å². The van der Waals surface area contributed by atoms with E-state index in [0.29, 0.717) is 35.2 Å². The summed E-state index contributed by atoms with van der Waals surface area (Å²) in [6, 6.07) is 6.75. The number of ether oxygens (including phenoxy) is 1. The molecule has 1 aromatic carbocycles. The van der Waals surface area contributed by atoms with Crippen LogP contribution in [0, 0.1) is 28.6 Å². The summed E-state index contributed by atoms with van der Waals surface area (Å²) >= 11 is 0. The van der Waals surface area contributed by atoms with Crippen molar-refractivity contribution in [2.24, 2.45) is 28.6 Å². The molecule has 2 saturated carbocycles. The molecule has 0 aromatic heterocycles. The van der Waals surface area contributed by atoms with Gasteiger partial charge in [-0.05, 0) is 89.9 Å². The summed E-state index contributed by atoms with van der Waals surface area (Å²) in [5.41, 5.74) is 3.75. The zero-order chi connectivity index (χ0) is 17.1. The SMILES string of the molecule is COc1ccc2c(c1)C[C@@H](C)[C@@H]1[C@@H]2CC[C@]2(C)[C@@H](CO)CC[C@]12C. The van der Waals surface area contributed by atoms with Crippen LogP contribution in [0.4, 0.5) is 0 Å². The highest BCUT2D eigenvalue weighted by atomic mass is 16.5. The van der Waals surface area contributed by atoms with Crippen molar-refractivity contribution >= 4 is 0 Å². The lowest BCUT2D eigenvalue weighted by molar-refractivity contribution is -0.0811. The maximum absolute atomic E-state index is 9.95. The predicted octanol–water partition coefficient (Wildman–Crippen LogP) is 4.80. The van der Waals surface area contributed by atoms with E-state index in [9.17, 15) is 5.11 Å². The fourth-order valence-electron chi connectivity index (χ4n) is 7.05. The van der Waals surface area contributed by atoms with Crippen molar-refractivity contribution in [2.75, 3.05) is 13.7 Å². The van der Waals surface area contributed by atoms with Gasteiger partial charge < -0.3 is 9.84 Å². The molecule has 0 heterocycles. The molecule has 1 N–H and O–H groups in total. The summed E-state index contributed by atoms with van der Waals surface area (Å²) in [6.07, 6.45) is 6.19. The van der Waals surface area contributed by atoms with Crippen molar-refractivity contribution in [1.29, 1.82) is 0 Å². The van der Waals surface area contributed by atoms with Gasteiger partial charge in [0.05, 0.1) is 7.11 Å². The van der Waals surface area contributed by atoms with Crippen LogP contribution in [-0.4, -0.2) is 18.8 Å². The Bertz CT molecular complexity index is 639. The summed E-state index contributed by atoms with van der Waals surface area (Å²) in [7, 11) is 1.76. The van der Waals surface area contributed by atoms with Gasteiger partial charge in [0, 0.05) is 6.61 Å². The maximum atomic E-state index is 9.95. The number of aliphatic hydroxyl groups is 1. The summed E-state index contributed by atoms with van der Waals surface area (Å²) < 4.78 is 5.46. The summed E-state index contributed by atoms with van der Waals surface area (Å²) in [5.74, 6) is 3.62. The molecule has 0 amide bonds. The molecule has 3 aliphatic carbocycles. The second-order valence-electron chi connectivity index (χ2n) is 9.17. The number of aliphatic hydroxyl groups excluding tert-OH is 1. The van der Waals surface area contributed by atoms with Gasteiger partial charge in [0.25, 0.3) is 0 Å². The van der Waals surface area contributed by atoms with Crippen LogP contribution < -0.4 is 4.74 Å². The molecule has 6 atom stereocenters. The van der Waals surface area contributed by atoms with Crippen LogP contribution in [-0.2, 0) is 6.42 Å². The van der Waals surface area contributed by atoms with E-state index in [1.807, 2.05) is 0 Å². The molecule has 0 saturated heterocycles. The van der Waals surface area contributed by atoms with Crippen molar-refractivity contribution in [1.82, 2.24) is 0 Å². The first-order chi connectivity index (χ1) is 11.4. The van der Waals surface area contributed by atoms with Crippen molar-refractivity contribution < 1.29 is 9.84 Å². The normalized spacial score (nSPS) is 43.7. The first-order valence-corrected chi connectivity index (χ1v) is 9.72. The maximum Gasteiger partial charge on any atom is 0.119 e. The third-order valence-electron chi connectivity index (χ3n) is 8.49. The van der Waals surface area contributed by atoms with Gasteiger partial charge in [-0.25, -0.2) is 0 Å². The summed E-state index contributed by atoms with van der Waals surface area (Å²) in [5, 5.41) is 9.95. The predicted molar refractivity (Wildman–Crippen MR) is 97.4 cm³/mol. The first kappa shape index (κ1) is 16.4. The minimum absolute atomic E-state index is 0.307. The van der Waals surface area contributed by atoms with Crippen LogP contribution in [0.5, 0.6) is 5.75 Å². The summed E-state index contributed by atoms with van der Waals surface area (Å²) in [4.78, 5) is 0. The quantitative estimate of drug-likeness (QED) is 0.845. The lowest BCUT2D eigenvalue weighted by atomic mass is 9.45. The molecule has 0 spiro atoms. The second kappa shape index (κ2) is 5.49. The van der Waals surface area contributed by atoms with Crippen LogP contribution in [0.15, 0.2) is 18.2 Å². The lowest BCUT2D eigenvalue weighted by Gasteiger charge is -2.59. The Hall–Kier alpha value is -1.02. The molecular weight excluding hydrogens is 296 g/mol. The fraction of sp³-hybridized carbons (Fsp3) is 0.727. The standard InChI is InChI=1S/C22H32O2/c1-14-11-15-12-17(24-4)5-6-18(15)19-8-10-21(2)16(13-23)7-9-22(21,3)20(14)19/h5-6,12,14,16,19-20,23H,7-11,13H2,1-4H3/t14-,16-,19-,20-,21-,22-/m1/s1. The van der Waals surface area contributed by atoms with E-state index in [0.717, 1.165) is 11.7 Å². The van der Waals surface area contributed by atoms with E-state index >= 15 is 0 Å². The van der Waals surface area contributed by atoms with Gasteiger partial charge in [-0.15, -0.1) is 0 Å². The van der Waals surface area contributed by atoms with Crippen molar-refractivity contribution in [3.05, 3.63) is 29.3 Å². The van der Waals surface area contributed by atoms with Gasteiger partial charge in [-0.1, -0.05) is 26.8 Å². The van der Waals surface area contributed by atoms with Gasteiger partial charge >= 0.3 is 0 Å². The van der Waals surface area contributed by atoms with E-state index < -0.39 is 0 Å². The third kappa shape index (κ3) is 1.98. The highest BCUT2D eigenvalue weighted by molar-refractivity contribution is 5.41. The molecule has 132 valence electrons. The molecule has 0 unspecified atom stereocenters.